The van der Waals surface area contributed by atoms with Gasteiger partial charge >= 0.3 is 0 Å². The first-order valence-electron chi connectivity index (χ1n) is 6.98. The number of rotatable bonds is 10. The van der Waals surface area contributed by atoms with Gasteiger partial charge in [-0.3, -0.25) is 4.79 Å². The number of hydrogen-bond donors (Lipinski definition) is 2. The molecule has 0 bridgehead atoms. The molecule has 0 aliphatic rings. The van der Waals surface area contributed by atoms with Crippen molar-refractivity contribution in [1.29, 1.82) is 0 Å². The summed E-state index contributed by atoms with van der Waals surface area (Å²) in [5.41, 5.74) is 0. The van der Waals surface area contributed by atoms with Crippen molar-refractivity contribution in [2.75, 3.05) is 6.54 Å². The third-order valence-electron chi connectivity index (χ3n) is 2.92. The molecule has 0 aromatic carbocycles. The molecule has 0 saturated heterocycles. The maximum absolute atomic E-state index is 12.0. The Bertz CT molecular complexity index is 427. The monoisotopic (exact) mass is 320 g/mol. The molecule has 120 valence electrons. The molecule has 0 spiro atoms. The van der Waals surface area contributed by atoms with Gasteiger partial charge in [0, 0.05) is 19.0 Å². The summed E-state index contributed by atoms with van der Waals surface area (Å²) in [4.78, 5) is 11.5. The smallest absolute Gasteiger partial charge is 0.284 e. The predicted octanol–water partition coefficient (Wildman–Crippen LogP) is 3.13. The molecule has 1 heterocycles. The highest BCUT2D eigenvalue weighted by molar-refractivity contribution is 7.98. The van der Waals surface area contributed by atoms with Crippen LogP contribution in [0.2, 0.25) is 0 Å². The molecule has 1 amide bonds. The molecule has 1 aromatic rings. The van der Waals surface area contributed by atoms with Crippen molar-refractivity contribution in [3.63, 3.8) is 0 Å². The predicted molar refractivity (Wildman–Crippen MR) is 80.2 cm³/mol. The fourth-order valence-corrected chi connectivity index (χ4v) is 2.05. The lowest BCUT2D eigenvalue weighted by Gasteiger charge is -2.11. The first kappa shape index (κ1) is 18.0. The Morgan fingerprint density at radius 1 is 1.38 bits per heavy atom. The van der Waals surface area contributed by atoms with Gasteiger partial charge in [0.1, 0.15) is 11.5 Å². The Balaban J connectivity index is 2.16. The highest BCUT2D eigenvalue weighted by atomic mass is 32.2. The molecule has 0 fully saturated rings. The second-order valence-corrected chi connectivity index (χ2v) is 5.72. The second-order valence-electron chi connectivity index (χ2n) is 4.74. The maximum atomic E-state index is 12.0. The third kappa shape index (κ3) is 8.06. The quantitative estimate of drug-likeness (QED) is 0.650. The van der Waals surface area contributed by atoms with Crippen molar-refractivity contribution in [2.45, 2.75) is 50.8 Å². The average molecular weight is 320 g/mol. The van der Waals surface area contributed by atoms with Gasteiger partial charge in [-0.15, -0.1) is 0 Å². The van der Waals surface area contributed by atoms with Crippen molar-refractivity contribution < 1.29 is 18.0 Å². The number of thioether (sulfide) groups is 1. The van der Waals surface area contributed by atoms with Gasteiger partial charge in [-0.1, -0.05) is 18.7 Å². The topological polar surface area (TPSA) is 54.3 Å². The Labute approximate surface area is 128 Å². The molecule has 0 aliphatic carbocycles. The third-order valence-corrected chi connectivity index (χ3v) is 3.62. The first-order valence-corrected chi connectivity index (χ1v) is 8.03. The molecule has 2 N–H and O–H groups in total. The number of carbonyl (C=O) groups excluding carboxylic acids is 1. The van der Waals surface area contributed by atoms with Crippen LogP contribution >= 0.6 is 11.8 Å². The van der Waals surface area contributed by atoms with E-state index < -0.39 is 5.76 Å². The van der Waals surface area contributed by atoms with Gasteiger partial charge in [0.25, 0.3) is 5.76 Å². The Morgan fingerprint density at radius 3 is 2.76 bits per heavy atom. The molecule has 21 heavy (non-hydrogen) atoms. The van der Waals surface area contributed by atoms with Crippen molar-refractivity contribution in [3.8, 4) is 0 Å². The van der Waals surface area contributed by atoms with Crippen LogP contribution in [-0.2, 0) is 17.1 Å². The van der Waals surface area contributed by atoms with Crippen LogP contribution in [0, 0.1) is 0 Å². The molecular formula is C14H22F2N2O2S. The average Bonchev–Trinajstić information content (AvgIpc) is 2.89. The molecular weight excluding hydrogens is 298 g/mol. The minimum atomic E-state index is -2.39. The maximum Gasteiger partial charge on any atom is 0.284 e. The molecule has 4 nitrogen and oxygen atoms in total. The van der Waals surface area contributed by atoms with E-state index in [2.05, 4.69) is 10.6 Å². The van der Waals surface area contributed by atoms with E-state index in [1.54, 1.807) is 12.1 Å². The molecule has 7 heteroatoms. The zero-order chi connectivity index (χ0) is 15.7. The summed E-state index contributed by atoms with van der Waals surface area (Å²) in [5, 5.41) is 5.98. The number of hydrogen-bond acceptors (Lipinski definition) is 4. The molecule has 0 radical (unpaired) electrons. The number of carbonyl (C=O) groups is 1. The van der Waals surface area contributed by atoms with Gasteiger partial charge < -0.3 is 15.1 Å². The van der Waals surface area contributed by atoms with Gasteiger partial charge in [-0.2, -0.15) is 8.78 Å². The number of alkyl halides is 2. The van der Waals surface area contributed by atoms with E-state index in [4.69, 9.17) is 4.42 Å². The standard InChI is InChI=1S/C14H22F2N2O2S/c1-3-10(2)18-13(19)6-7-17-8-11-4-5-12(20-11)9-21-14(15)16/h4-5,10,14,17H,3,6-9H2,1-2H3,(H,18,19). The fraction of sp³-hybridized carbons (Fsp3) is 0.643. The molecule has 1 rings (SSSR count). The highest BCUT2D eigenvalue weighted by Crippen LogP contribution is 2.21. The van der Waals surface area contributed by atoms with Crippen LogP contribution in [0.3, 0.4) is 0 Å². The minimum Gasteiger partial charge on any atom is -0.464 e. The summed E-state index contributed by atoms with van der Waals surface area (Å²) in [6.07, 6.45) is 1.31. The van der Waals surface area contributed by atoms with E-state index in [9.17, 15) is 13.6 Å². The summed E-state index contributed by atoms with van der Waals surface area (Å²) in [6.45, 7) is 5.01. The Morgan fingerprint density at radius 2 is 2.10 bits per heavy atom. The minimum absolute atomic E-state index is 0.0188. The zero-order valence-electron chi connectivity index (χ0n) is 12.3. The Hall–Kier alpha value is -1.08. The summed E-state index contributed by atoms with van der Waals surface area (Å²) >= 11 is 0.537. The van der Waals surface area contributed by atoms with Crippen molar-refractivity contribution >= 4 is 17.7 Å². The number of amides is 1. The lowest BCUT2D eigenvalue weighted by atomic mass is 10.2. The Kier molecular flexibility index (Phi) is 8.37. The summed E-state index contributed by atoms with van der Waals surface area (Å²) in [6, 6.07) is 3.65. The van der Waals surface area contributed by atoms with Crippen LogP contribution < -0.4 is 10.6 Å². The van der Waals surface area contributed by atoms with Gasteiger partial charge in [0.15, 0.2) is 0 Å². The van der Waals surface area contributed by atoms with E-state index in [-0.39, 0.29) is 17.7 Å². The molecule has 1 unspecified atom stereocenters. The normalized spacial score (nSPS) is 12.6. The van der Waals surface area contributed by atoms with E-state index in [1.165, 1.54) is 0 Å². The number of nitrogens with one attached hydrogen (secondary N) is 2. The van der Waals surface area contributed by atoms with Crippen LogP contribution in [0.5, 0.6) is 0 Å². The van der Waals surface area contributed by atoms with Gasteiger partial charge in [0.2, 0.25) is 5.91 Å². The molecule has 1 aromatic heterocycles. The van der Waals surface area contributed by atoms with Gasteiger partial charge in [0.05, 0.1) is 12.3 Å². The van der Waals surface area contributed by atoms with Crippen molar-refractivity contribution in [1.82, 2.24) is 10.6 Å². The van der Waals surface area contributed by atoms with Gasteiger partial charge in [-0.25, -0.2) is 0 Å². The first-order chi connectivity index (χ1) is 10.0. The van der Waals surface area contributed by atoms with Crippen LogP contribution in [-0.4, -0.2) is 24.3 Å². The van der Waals surface area contributed by atoms with Crippen LogP contribution in [0.25, 0.3) is 0 Å². The van der Waals surface area contributed by atoms with Crippen LogP contribution in [0.15, 0.2) is 16.5 Å². The SMILES string of the molecule is CCC(C)NC(=O)CCNCc1ccc(CSC(F)F)o1. The largest absolute Gasteiger partial charge is 0.464 e. The fourth-order valence-electron chi connectivity index (χ4n) is 1.60. The lowest BCUT2D eigenvalue weighted by molar-refractivity contribution is -0.121. The van der Waals surface area contributed by atoms with Crippen molar-refractivity contribution in [3.05, 3.63) is 23.7 Å². The summed E-state index contributed by atoms with van der Waals surface area (Å²) in [5.74, 6) is -0.991. The molecule has 0 aliphatic heterocycles. The number of halogens is 2. The lowest BCUT2D eigenvalue weighted by Crippen LogP contribution is -2.33. The van der Waals surface area contributed by atoms with E-state index in [0.29, 0.717) is 42.8 Å². The highest BCUT2D eigenvalue weighted by Gasteiger charge is 2.08. The summed E-state index contributed by atoms with van der Waals surface area (Å²) in [7, 11) is 0. The summed E-state index contributed by atoms with van der Waals surface area (Å²) < 4.78 is 29.5. The number of furan rings is 1. The van der Waals surface area contributed by atoms with E-state index >= 15 is 0 Å². The second kappa shape index (κ2) is 9.78. The van der Waals surface area contributed by atoms with Crippen LogP contribution in [0.4, 0.5) is 8.78 Å². The molecule has 1 atom stereocenters. The van der Waals surface area contributed by atoms with Crippen molar-refractivity contribution in [2.24, 2.45) is 0 Å². The van der Waals surface area contributed by atoms with Crippen LogP contribution in [0.1, 0.15) is 38.2 Å². The zero-order valence-corrected chi connectivity index (χ0v) is 13.1. The molecule has 0 saturated carbocycles. The van der Waals surface area contributed by atoms with Gasteiger partial charge in [-0.05, 0) is 25.5 Å². The van der Waals surface area contributed by atoms with E-state index in [0.717, 1.165) is 6.42 Å². The van der Waals surface area contributed by atoms with E-state index in [1.807, 2.05) is 13.8 Å².